The zero-order valence-corrected chi connectivity index (χ0v) is 9.83. The van der Waals surface area contributed by atoms with Crippen LogP contribution in [0.25, 0.3) is 0 Å². The van der Waals surface area contributed by atoms with Crippen LogP contribution in [0.2, 0.25) is 0 Å². The van der Waals surface area contributed by atoms with Crippen LogP contribution in [0.1, 0.15) is 35.3 Å². The van der Waals surface area contributed by atoms with E-state index < -0.39 is 0 Å². The maximum Gasteiger partial charge on any atom is 0.153 e. The minimum absolute atomic E-state index is 0.607. The lowest BCUT2D eigenvalue weighted by atomic mass is 9.96. The molecule has 0 aliphatic heterocycles. The van der Waals surface area contributed by atoms with E-state index >= 15 is 0 Å². The molecule has 0 aliphatic carbocycles. The van der Waals surface area contributed by atoms with Gasteiger partial charge in [-0.1, -0.05) is 13.8 Å². The average Bonchev–Trinajstić information content (AvgIpc) is 2.19. The van der Waals surface area contributed by atoms with Gasteiger partial charge in [0.25, 0.3) is 0 Å². The highest BCUT2D eigenvalue weighted by Crippen LogP contribution is 2.23. The van der Waals surface area contributed by atoms with E-state index in [1.165, 1.54) is 5.56 Å². The van der Waals surface area contributed by atoms with Crippen LogP contribution in [0.3, 0.4) is 0 Å². The number of aldehydes is 1. The van der Waals surface area contributed by atoms with Gasteiger partial charge in [-0.2, -0.15) is 0 Å². The number of rotatable bonds is 4. The normalized spacial score (nSPS) is 10.5. The van der Waals surface area contributed by atoms with E-state index in [2.05, 4.69) is 13.8 Å². The molecule has 0 amide bonds. The molecule has 0 N–H and O–H groups in total. The first-order valence-electron chi connectivity index (χ1n) is 5.21. The Morgan fingerprint density at radius 1 is 1.40 bits per heavy atom. The van der Waals surface area contributed by atoms with Crippen molar-refractivity contribution in [2.24, 2.45) is 5.92 Å². The van der Waals surface area contributed by atoms with Gasteiger partial charge in [0.2, 0.25) is 0 Å². The van der Waals surface area contributed by atoms with Crippen molar-refractivity contribution in [2.75, 3.05) is 7.11 Å². The summed E-state index contributed by atoms with van der Waals surface area (Å²) in [5.41, 5.74) is 3.04. The molecule has 0 atom stereocenters. The molecule has 2 heteroatoms. The first-order chi connectivity index (χ1) is 7.08. The van der Waals surface area contributed by atoms with Gasteiger partial charge >= 0.3 is 0 Å². The smallest absolute Gasteiger partial charge is 0.153 e. The first-order valence-corrected chi connectivity index (χ1v) is 5.21. The molecule has 1 aromatic rings. The molecule has 0 saturated heterocycles. The maximum atomic E-state index is 10.8. The van der Waals surface area contributed by atoms with Crippen molar-refractivity contribution in [3.8, 4) is 5.75 Å². The summed E-state index contributed by atoms with van der Waals surface area (Å²) in [6.07, 6.45) is 1.85. The second-order valence-corrected chi connectivity index (χ2v) is 4.24. The summed E-state index contributed by atoms with van der Waals surface area (Å²) >= 11 is 0. The Morgan fingerprint density at radius 2 is 2.07 bits per heavy atom. The molecule has 0 radical (unpaired) electrons. The Morgan fingerprint density at radius 3 is 2.53 bits per heavy atom. The van der Waals surface area contributed by atoms with Crippen LogP contribution in [0.5, 0.6) is 5.75 Å². The topological polar surface area (TPSA) is 26.3 Å². The molecule has 0 spiro atoms. The molecule has 0 saturated carbocycles. The molecule has 2 nitrogen and oxygen atoms in total. The number of hydrogen-bond donors (Lipinski definition) is 0. The molecule has 1 aromatic carbocycles. The highest BCUT2D eigenvalue weighted by Gasteiger charge is 2.08. The van der Waals surface area contributed by atoms with Crippen molar-refractivity contribution in [2.45, 2.75) is 27.2 Å². The quantitative estimate of drug-likeness (QED) is 0.708. The Kier molecular flexibility index (Phi) is 3.89. The number of hydrogen-bond acceptors (Lipinski definition) is 2. The number of benzene rings is 1. The lowest BCUT2D eigenvalue weighted by Gasteiger charge is -2.12. The van der Waals surface area contributed by atoms with E-state index in [0.717, 1.165) is 18.3 Å². The number of carbonyl (C=O) groups excluding carboxylic acids is 1. The van der Waals surface area contributed by atoms with E-state index in [1.807, 2.05) is 19.1 Å². The average molecular weight is 206 g/mol. The van der Waals surface area contributed by atoms with Gasteiger partial charge in [0.15, 0.2) is 6.29 Å². The third kappa shape index (κ3) is 2.82. The molecular formula is C13H18O2. The third-order valence-electron chi connectivity index (χ3n) is 2.44. The molecule has 0 fully saturated rings. The number of methoxy groups -OCH3 is 1. The highest BCUT2D eigenvalue weighted by atomic mass is 16.5. The summed E-state index contributed by atoms with van der Waals surface area (Å²) < 4.78 is 5.18. The Hall–Kier alpha value is -1.31. The van der Waals surface area contributed by atoms with Crippen LogP contribution in [-0.2, 0) is 6.42 Å². The van der Waals surface area contributed by atoms with Crippen molar-refractivity contribution in [1.29, 1.82) is 0 Å². The molecule has 82 valence electrons. The molecule has 0 aromatic heterocycles. The van der Waals surface area contributed by atoms with Crippen LogP contribution in [0.15, 0.2) is 12.1 Å². The second kappa shape index (κ2) is 4.96. The van der Waals surface area contributed by atoms with Crippen molar-refractivity contribution in [3.63, 3.8) is 0 Å². The van der Waals surface area contributed by atoms with Gasteiger partial charge in [0.1, 0.15) is 5.75 Å². The van der Waals surface area contributed by atoms with Crippen molar-refractivity contribution in [1.82, 2.24) is 0 Å². The molecule has 15 heavy (non-hydrogen) atoms. The van der Waals surface area contributed by atoms with Crippen LogP contribution in [0.4, 0.5) is 0 Å². The fourth-order valence-electron chi connectivity index (χ4n) is 1.68. The van der Waals surface area contributed by atoms with Crippen molar-refractivity contribution >= 4 is 6.29 Å². The molecule has 0 aliphatic rings. The summed E-state index contributed by atoms with van der Waals surface area (Å²) in [7, 11) is 1.59. The summed E-state index contributed by atoms with van der Waals surface area (Å²) in [5, 5.41) is 0. The molecule has 0 bridgehead atoms. The van der Waals surface area contributed by atoms with Gasteiger partial charge in [0.05, 0.1) is 12.7 Å². The van der Waals surface area contributed by atoms with Gasteiger partial charge in [-0.05, 0) is 42.5 Å². The zero-order chi connectivity index (χ0) is 11.4. The van der Waals surface area contributed by atoms with Crippen LogP contribution >= 0.6 is 0 Å². The maximum absolute atomic E-state index is 10.8. The Balaban J connectivity index is 3.13. The van der Waals surface area contributed by atoms with Crippen LogP contribution in [-0.4, -0.2) is 13.4 Å². The van der Waals surface area contributed by atoms with Gasteiger partial charge in [-0.3, -0.25) is 4.79 Å². The molecule has 1 rings (SSSR count). The first kappa shape index (κ1) is 11.8. The Labute approximate surface area is 91.3 Å². The van der Waals surface area contributed by atoms with Gasteiger partial charge in [0, 0.05) is 0 Å². The number of carbonyl (C=O) groups is 1. The molecular weight excluding hydrogens is 188 g/mol. The fraction of sp³-hybridized carbons (Fsp3) is 0.462. The molecule has 0 unspecified atom stereocenters. The lowest BCUT2D eigenvalue weighted by molar-refractivity contribution is 0.112. The predicted octanol–water partition coefficient (Wildman–Crippen LogP) is 3.01. The summed E-state index contributed by atoms with van der Waals surface area (Å²) in [6, 6.07) is 3.86. The predicted molar refractivity (Wildman–Crippen MR) is 61.7 cm³/mol. The molecule has 0 heterocycles. The van der Waals surface area contributed by atoms with E-state index in [0.29, 0.717) is 17.2 Å². The fourth-order valence-corrected chi connectivity index (χ4v) is 1.68. The minimum atomic E-state index is 0.607. The summed E-state index contributed by atoms with van der Waals surface area (Å²) in [5.74, 6) is 1.28. The van der Waals surface area contributed by atoms with Gasteiger partial charge in [-0.25, -0.2) is 0 Å². The van der Waals surface area contributed by atoms with E-state index in [-0.39, 0.29) is 0 Å². The summed E-state index contributed by atoms with van der Waals surface area (Å²) in [6.45, 7) is 6.39. The number of aryl methyl sites for hydroxylation is 1. The monoisotopic (exact) mass is 206 g/mol. The van der Waals surface area contributed by atoms with Gasteiger partial charge in [-0.15, -0.1) is 0 Å². The van der Waals surface area contributed by atoms with E-state index in [9.17, 15) is 4.79 Å². The van der Waals surface area contributed by atoms with Crippen molar-refractivity contribution in [3.05, 3.63) is 28.8 Å². The highest BCUT2D eigenvalue weighted by molar-refractivity contribution is 5.80. The SMILES string of the molecule is COc1cc(CC(C)C)c(C)cc1C=O. The largest absolute Gasteiger partial charge is 0.496 e. The van der Waals surface area contributed by atoms with Crippen molar-refractivity contribution < 1.29 is 9.53 Å². The summed E-state index contributed by atoms with van der Waals surface area (Å²) in [4.78, 5) is 10.8. The Bertz CT molecular complexity index is 354. The minimum Gasteiger partial charge on any atom is -0.496 e. The van der Waals surface area contributed by atoms with Crippen LogP contribution < -0.4 is 4.74 Å². The lowest BCUT2D eigenvalue weighted by Crippen LogP contribution is -2.00. The standard InChI is InChI=1S/C13H18O2/c1-9(2)5-11-7-13(15-4)12(8-14)6-10(11)3/h6-9H,5H2,1-4H3. The van der Waals surface area contributed by atoms with E-state index in [4.69, 9.17) is 4.74 Å². The second-order valence-electron chi connectivity index (χ2n) is 4.24. The zero-order valence-electron chi connectivity index (χ0n) is 9.83. The number of ether oxygens (including phenoxy) is 1. The van der Waals surface area contributed by atoms with Gasteiger partial charge < -0.3 is 4.74 Å². The van der Waals surface area contributed by atoms with Crippen LogP contribution in [0, 0.1) is 12.8 Å². The van der Waals surface area contributed by atoms with E-state index in [1.54, 1.807) is 7.11 Å². The third-order valence-corrected chi connectivity index (χ3v) is 2.44.